The van der Waals surface area contributed by atoms with Crippen LogP contribution in [-0.2, 0) is 12.8 Å². The van der Waals surface area contributed by atoms with Crippen LogP contribution < -0.4 is 10.4 Å². The average Bonchev–Trinajstić information content (AvgIpc) is 2.76. The van der Waals surface area contributed by atoms with Crippen molar-refractivity contribution < 1.29 is 9.15 Å². The minimum atomic E-state index is -0.180. The number of benzene rings is 1. The van der Waals surface area contributed by atoms with E-state index in [9.17, 15) is 4.79 Å². The Bertz CT molecular complexity index is 695. The van der Waals surface area contributed by atoms with Crippen molar-refractivity contribution in [2.75, 3.05) is 0 Å². The Kier molecular flexibility index (Phi) is 2.85. The van der Waals surface area contributed by atoms with Gasteiger partial charge in [-0.1, -0.05) is 0 Å². The lowest BCUT2D eigenvalue weighted by Gasteiger charge is -2.15. The maximum absolute atomic E-state index is 12.0. The average molecular weight is 258 g/mol. The number of fused-ring (bicyclic) bond motifs is 3. The molecule has 100 valence electrons. The fourth-order valence-electron chi connectivity index (χ4n) is 2.85. The topological polar surface area (TPSA) is 39.4 Å². The third-order valence-corrected chi connectivity index (χ3v) is 3.54. The highest BCUT2D eigenvalue weighted by molar-refractivity contribution is 5.88. The van der Waals surface area contributed by atoms with E-state index in [1.807, 2.05) is 32.9 Å². The van der Waals surface area contributed by atoms with E-state index >= 15 is 0 Å². The molecule has 0 fully saturated rings. The van der Waals surface area contributed by atoms with E-state index in [1.54, 1.807) is 0 Å². The molecule has 0 unspecified atom stereocenters. The zero-order valence-corrected chi connectivity index (χ0v) is 11.6. The van der Waals surface area contributed by atoms with Crippen LogP contribution in [0.25, 0.3) is 11.0 Å². The van der Waals surface area contributed by atoms with Gasteiger partial charge in [0.1, 0.15) is 11.3 Å². The van der Waals surface area contributed by atoms with E-state index in [0.29, 0.717) is 5.58 Å². The number of hydrogen-bond donors (Lipinski definition) is 0. The van der Waals surface area contributed by atoms with E-state index in [0.717, 1.165) is 47.1 Å². The van der Waals surface area contributed by atoms with Gasteiger partial charge in [-0.05, 0) is 63.3 Å². The third-order valence-electron chi connectivity index (χ3n) is 3.54. The Labute approximate surface area is 112 Å². The van der Waals surface area contributed by atoms with Gasteiger partial charge < -0.3 is 9.15 Å². The van der Waals surface area contributed by atoms with Gasteiger partial charge in [-0.15, -0.1) is 0 Å². The second-order valence-corrected chi connectivity index (χ2v) is 5.50. The third kappa shape index (κ3) is 2.03. The summed E-state index contributed by atoms with van der Waals surface area (Å²) >= 11 is 0. The first-order valence-corrected chi connectivity index (χ1v) is 6.82. The van der Waals surface area contributed by atoms with Crippen LogP contribution in [-0.4, -0.2) is 6.10 Å². The fourth-order valence-corrected chi connectivity index (χ4v) is 2.85. The standard InChI is InChI=1S/C16H18O3/c1-9(2)18-13-7-10(3)8-14-15(13)11-5-4-6-12(11)16(17)19-14/h7-9H,4-6H2,1-3H3. The molecule has 1 heterocycles. The molecule has 0 atom stereocenters. The zero-order valence-electron chi connectivity index (χ0n) is 11.6. The van der Waals surface area contributed by atoms with E-state index in [-0.39, 0.29) is 11.7 Å². The van der Waals surface area contributed by atoms with Crippen LogP contribution in [0.5, 0.6) is 5.75 Å². The Morgan fingerprint density at radius 3 is 2.68 bits per heavy atom. The van der Waals surface area contributed by atoms with Gasteiger partial charge in [0.05, 0.1) is 11.5 Å². The lowest BCUT2D eigenvalue weighted by Crippen LogP contribution is -2.10. The van der Waals surface area contributed by atoms with Gasteiger partial charge in [0.15, 0.2) is 0 Å². The molecular weight excluding hydrogens is 240 g/mol. The molecule has 0 amide bonds. The summed E-state index contributed by atoms with van der Waals surface area (Å²) in [5, 5.41) is 0.992. The van der Waals surface area contributed by atoms with Gasteiger partial charge in [-0.25, -0.2) is 4.79 Å². The second-order valence-electron chi connectivity index (χ2n) is 5.50. The normalized spacial score (nSPS) is 14.1. The van der Waals surface area contributed by atoms with Crippen LogP contribution in [0.15, 0.2) is 21.3 Å². The van der Waals surface area contributed by atoms with Gasteiger partial charge in [-0.2, -0.15) is 0 Å². The SMILES string of the molecule is Cc1cc(OC(C)C)c2c3c(c(=O)oc2c1)CCC3. The smallest absolute Gasteiger partial charge is 0.339 e. The molecule has 0 radical (unpaired) electrons. The highest BCUT2D eigenvalue weighted by atomic mass is 16.5. The highest BCUT2D eigenvalue weighted by Gasteiger charge is 2.22. The van der Waals surface area contributed by atoms with Crippen LogP contribution in [0.4, 0.5) is 0 Å². The zero-order chi connectivity index (χ0) is 13.6. The minimum Gasteiger partial charge on any atom is -0.490 e. The van der Waals surface area contributed by atoms with Gasteiger partial charge in [-0.3, -0.25) is 0 Å². The van der Waals surface area contributed by atoms with Crippen LogP contribution in [0, 0.1) is 6.92 Å². The molecule has 0 aliphatic heterocycles. The van der Waals surface area contributed by atoms with Crippen LogP contribution >= 0.6 is 0 Å². The van der Waals surface area contributed by atoms with Crippen LogP contribution in [0.2, 0.25) is 0 Å². The first kappa shape index (κ1) is 12.3. The highest BCUT2D eigenvalue weighted by Crippen LogP contribution is 2.35. The van der Waals surface area contributed by atoms with Crippen molar-refractivity contribution in [2.45, 2.75) is 46.1 Å². The summed E-state index contributed by atoms with van der Waals surface area (Å²) in [7, 11) is 0. The van der Waals surface area contributed by atoms with Crippen molar-refractivity contribution in [1.82, 2.24) is 0 Å². The van der Waals surface area contributed by atoms with Gasteiger partial charge in [0.25, 0.3) is 0 Å². The second kappa shape index (κ2) is 4.41. The molecule has 0 N–H and O–H groups in total. The molecule has 1 aliphatic rings. The summed E-state index contributed by atoms with van der Waals surface area (Å²) in [4.78, 5) is 12.0. The lowest BCUT2D eigenvalue weighted by atomic mass is 10.0. The molecule has 3 rings (SSSR count). The monoisotopic (exact) mass is 258 g/mol. The molecule has 3 heteroatoms. The number of rotatable bonds is 2. The van der Waals surface area contributed by atoms with E-state index in [2.05, 4.69) is 0 Å². The molecule has 19 heavy (non-hydrogen) atoms. The van der Waals surface area contributed by atoms with Crippen molar-refractivity contribution in [3.8, 4) is 5.75 Å². The molecule has 1 aromatic heterocycles. The van der Waals surface area contributed by atoms with Crippen LogP contribution in [0.1, 0.15) is 37.0 Å². The molecule has 0 spiro atoms. The lowest BCUT2D eigenvalue weighted by molar-refractivity contribution is 0.245. The first-order valence-electron chi connectivity index (χ1n) is 6.82. The fraction of sp³-hybridized carbons (Fsp3) is 0.438. The van der Waals surface area contributed by atoms with Crippen molar-refractivity contribution in [2.24, 2.45) is 0 Å². The predicted molar refractivity (Wildman–Crippen MR) is 75.0 cm³/mol. The quantitative estimate of drug-likeness (QED) is 0.775. The largest absolute Gasteiger partial charge is 0.490 e. The van der Waals surface area contributed by atoms with Gasteiger partial charge in [0, 0.05) is 5.56 Å². The van der Waals surface area contributed by atoms with Crippen molar-refractivity contribution in [1.29, 1.82) is 0 Å². The maximum atomic E-state index is 12.0. The van der Waals surface area contributed by atoms with E-state index < -0.39 is 0 Å². The summed E-state index contributed by atoms with van der Waals surface area (Å²) in [6, 6.07) is 3.95. The van der Waals surface area contributed by atoms with E-state index in [1.165, 1.54) is 0 Å². The van der Waals surface area contributed by atoms with E-state index in [4.69, 9.17) is 9.15 Å². The summed E-state index contributed by atoms with van der Waals surface area (Å²) in [6.45, 7) is 6.00. The summed E-state index contributed by atoms with van der Waals surface area (Å²) in [5.41, 5.74) is 3.48. The van der Waals surface area contributed by atoms with Crippen molar-refractivity contribution >= 4 is 11.0 Å². The molecule has 0 bridgehead atoms. The molecule has 0 saturated carbocycles. The Hall–Kier alpha value is -1.77. The minimum absolute atomic E-state index is 0.106. The van der Waals surface area contributed by atoms with Gasteiger partial charge in [0.2, 0.25) is 0 Å². The van der Waals surface area contributed by atoms with Gasteiger partial charge >= 0.3 is 5.63 Å². The van der Waals surface area contributed by atoms with Crippen molar-refractivity contribution in [3.05, 3.63) is 39.2 Å². The first-order chi connectivity index (χ1) is 9.06. The molecular formula is C16H18O3. The Morgan fingerprint density at radius 1 is 1.21 bits per heavy atom. The molecule has 2 aromatic rings. The summed E-state index contributed by atoms with van der Waals surface area (Å²) < 4.78 is 11.4. The summed E-state index contributed by atoms with van der Waals surface area (Å²) in [6.07, 6.45) is 2.89. The maximum Gasteiger partial charge on any atom is 0.339 e. The predicted octanol–water partition coefficient (Wildman–Crippen LogP) is 3.38. The van der Waals surface area contributed by atoms with Crippen LogP contribution in [0.3, 0.4) is 0 Å². The number of aryl methyl sites for hydroxylation is 2. The summed E-state index contributed by atoms with van der Waals surface area (Å²) in [5.74, 6) is 0.840. The molecule has 0 saturated heterocycles. The molecule has 3 nitrogen and oxygen atoms in total. The Morgan fingerprint density at radius 2 is 1.95 bits per heavy atom. The Balaban J connectivity index is 2.36. The van der Waals surface area contributed by atoms with Crippen molar-refractivity contribution in [3.63, 3.8) is 0 Å². The molecule has 1 aliphatic carbocycles. The number of ether oxygens (including phenoxy) is 1. The molecule has 1 aromatic carbocycles. The number of hydrogen-bond acceptors (Lipinski definition) is 3.